The van der Waals surface area contributed by atoms with Gasteiger partial charge in [0.05, 0.1) is 5.25 Å². The van der Waals surface area contributed by atoms with Crippen molar-refractivity contribution in [3.05, 3.63) is 56.2 Å². The van der Waals surface area contributed by atoms with Gasteiger partial charge in [0.2, 0.25) is 5.91 Å². The molecule has 0 aliphatic heterocycles. The fourth-order valence-electron chi connectivity index (χ4n) is 2.99. The summed E-state index contributed by atoms with van der Waals surface area (Å²) >= 11 is 1.09. The summed E-state index contributed by atoms with van der Waals surface area (Å²) < 4.78 is 16.1. The first-order valence-electron chi connectivity index (χ1n) is 10.0. The Labute approximate surface area is 188 Å². The molecule has 170 valence electrons. The van der Waals surface area contributed by atoms with Gasteiger partial charge in [-0.15, -0.1) is 0 Å². The highest BCUT2D eigenvalue weighted by atomic mass is 32.2. The molecule has 0 saturated heterocycles. The predicted molar refractivity (Wildman–Crippen MR) is 124 cm³/mol. The molecule has 1 amide bonds. The average molecular weight is 460 g/mol. The molecule has 2 heterocycles. The molecule has 2 aromatic heterocycles. The normalized spacial score (nSPS) is 12.8. The van der Waals surface area contributed by atoms with Crippen LogP contribution in [0, 0.1) is 12.7 Å². The van der Waals surface area contributed by atoms with Crippen molar-refractivity contribution in [2.75, 3.05) is 5.32 Å². The quantitative estimate of drug-likeness (QED) is 0.476. The van der Waals surface area contributed by atoms with E-state index in [9.17, 15) is 18.8 Å². The molecule has 1 unspecified atom stereocenters. The molecule has 1 atom stereocenters. The van der Waals surface area contributed by atoms with Crippen LogP contribution in [0.5, 0.6) is 0 Å². The first-order chi connectivity index (χ1) is 14.8. The van der Waals surface area contributed by atoms with E-state index in [1.54, 1.807) is 33.0 Å². The Morgan fingerprint density at radius 1 is 1.16 bits per heavy atom. The van der Waals surface area contributed by atoms with Crippen LogP contribution < -0.4 is 16.6 Å². The van der Waals surface area contributed by atoms with Crippen molar-refractivity contribution in [1.82, 2.24) is 19.1 Å². The number of benzene rings is 1. The number of rotatable bonds is 4. The number of nitrogens with one attached hydrogen (secondary N) is 1. The summed E-state index contributed by atoms with van der Waals surface area (Å²) in [6.45, 7) is 9.07. The monoisotopic (exact) mass is 459 g/mol. The predicted octanol–water partition coefficient (Wildman–Crippen LogP) is 2.89. The summed E-state index contributed by atoms with van der Waals surface area (Å²) in [4.78, 5) is 47.2. The lowest BCUT2D eigenvalue weighted by Crippen LogP contribution is -2.38. The van der Waals surface area contributed by atoms with Gasteiger partial charge in [-0.2, -0.15) is 0 Å². The maximum atomic E-state index is 13.8. The van der Waals surface area contributed by atoms with E-state index in [-0.39, 0.29) is 16.9 Å². The topological polar surface area (TPSA) is 98.9 Å². The van der Waals surface area contributed by atoms with E-state index in [4.69, 9.17) is 0 Å². The second-order valence-electron chi connectivity index (χ2n) is 8.72. The second kappa shape index (κ2) is 8.50. The van der Waals surface area contributed by atoms with Crippen molar-refractivity contribution in [2.24, 2.45) is 14.1 Å². The molecule has 32 heavy (non-hydrogen) atoms. The number of hydrogen-bond acceptors (Lipinski definition) is 6. The standard InChI is InChI=1S/C22H26FN5O3S/c1-11-8-9-13(10-14(11)23)24-17(29)12(2)32-18-15-16(25-20(26-18)22(3,4)5)27(6)21(31)28(7)19(15)30/h8-10,12H,1-7H3,(H,24,29). The number of carbonyl (C=O) groups excluding carboxylic acids is 1. The number of fused-ring (bicyclic) bond motifs is 1. The van der Waals surface area contributed by atoms with Crippen LogP contribution in [0.4, 0.5) is 10.1 Å². The van der Waals surface area contributed by atoms with Crippen LogP contribution in [0.1, 0.15) is 39.1 Å². The Kier molecular flexibility index (Phi) is 6.28. The minimum atomic E-state index is -0.660. The third kappa shape index (κ3) is 4.45. The van der Waals surface area contributed by atoms with E-state index in [0.717, 1.165) is 16.3 Å². The highest BCUT2D eigenvalue weighted by molar-refractivity contribution is 8.00. The van der Waals surface area contributed by atoms with Crippen LogP contribution in [-0.4, -0.2) is 30.3 Å². The molecule has 1 aromatic carbocycles. The number of anilines is 1. The number of thioether (sulfide) groups is 1. The molecular weight excluding hydrogens is 433 g/mol. The first-order valence-corrected chi connectivity index (χ1v) is 10.9. The fraction of sp³-hybridized carbons (Fsp3) is 0.409. The van der Waals surface area contributed by atoms with Gasteiger partial charge in [-0.25, -0.2) is 19.2 Å². The Balaban J connectivity index is 2.06. The zero-order valence-electron chi connectivity index (χ0n) is 19.1. The highest BCUT2D eigenvalue weighted by Crippen LogP contribution is 2.30. The van der Waals surface area contributed by atoms with E-state index in [1.165, 1.54) is 17.7 Å². The highest BCUT2D eigenvalue weighted by Gasteiger charge is 2.26. The van der Waals surface area contributed by atoms with Gasteiger partial charge in [-0.1, -0.05) is 38.6 Å². The first kappa shape index (κ1) is 23.6. The summed E-state index contributed by atoms with van der Waals surface area (Å²) in [5.74, 6) is -0.336. The van der Waals surface area contributed by atoms with Gasteiger partial charge in [0.15, 0.2) is 5.65 Å². The Hall–Kier alpha value is -3.01. The zero-order chi connectivity index (χ0) is 24.0. The van der Waals surface area contributed by atoms with Crippen LogP contribution in [0.2, 0.25) is 0 Å². The van der Waals surface area contributed by atoms with E-state index in [2.05, 4.69) is 15.3 Å². The lowest BCUT2D eigenvalue weighted by molar-refractivity contribution is -0.115. The molecule has 0 aliphatic carbocycles. The van der Waals surface area contributed by atoms with Crippen molar-refractivity contribution in [2.45, 2.75) is 50.3 Å². The van der Waals surface area contributed by atoms with Gasteiger partial charge in [-0.05, 0) is 31.5 Å². The maximum absolute atomic E-state index is 13.8. The molecule has 10 heteroatoms. The molecule has 0 fully saturated rings. The van der Waals surface area contributed by atoms with Gasteiger partial charge < -0.3 is 5.32 Å². The maximum Gasteiger partial charge on any atom is 0.332 e. The van der Waals surface area contributed by atoms with E-state index < -0.39 is 27.7 Å². The summed E-state index contributed by atoms with van der Waals surface area (Å²) in [6.07, 6.45) is 0. The Bertz CT molecular complexity index is 1340. The lowest BCUT2D eigenvalue weighted by Gasteiger charge is -2.20. The number of amides is 1. The van der Waals surface area contributed by atoms with Crippen LogP contribution in [0.3, 0.4) is 0 Å². The van der Waals surface area contributed by atoms with Crippen LogP contribution in [0.15, 0.2) is 32.8 Å². The van der Waals surface area contributed by atoms with Crippen molar-refractivity contribution in [3.8, 4) is 0 Å². The Morgan fingerprint density at radius 3 is 2.41 bits per heavy atom. The third-order valence-corrected chi connectivity index (χ3v) is 6.12. The number of hydrogen-bond donors (Lipinski definition) is 1. The number of nitrogens with zero attached hydrogens (tertiary/aromatic N) is 4. The third-order valence-electron chi connectivity index (χ3n) is 5.03. The summed E-state index contributed by atoms with van der Waals surface area (Å²) in [5, 5.41) is 2.52. The minimum absolute atomic E-state index is 0.175. The average Bonchev–Trinajstić information content (AvgIpc) is 2.72. The number of carbonyl (C=O) groups is 1. The molecule has 0 saturated carbocycles. The van der Waals surface area contributed by atoms with Crippen LogP contribution in [-0.2, 0) is 24.3 Å². The van der Waals surface area contributed by atoms with Crippen molar-refractivity contribution >= 4 is 34.4 Å². The summed E-state index contributed by atoms with van der Waals surface area (Å²) in [5.41, 5.74) is -0.441. The van der Waals surface area contributed by atoms with Crippen LogP contribution >= 0.6 is 11.8 Å². The van der Waals surface area contributed by atoms with E-state index in [0.29, 0.717) is 22.1 Å². The van der Waals surface area contributed by atoms with E-state index in [1.807, 2.05) is 20.8 Å². The molecule has 0 bridgehead atoms. The second-order valence-corrected chi connectivity index (χ2v) is 10.0. The van der Waals surface area contributed by atoms with Crippen molar-refractivity contribution in [1.29, 1.82) is 0 Å². The Morgan fingerprint density at radius 2 is 1.81 bits per heavy atom. The molecular formula is C22H26FN5O3S. The molecule has 3 rings (SSSR count). The number of aryl methyl sites for hydroxylation is 2. The number of halogens is 1. The van der Waals surface area contributed by atoms with Gasteiger partial charge in [0.1, 0.15) is 22.1 Å². The molecule has 0 spiro atoms. The SMILES string of the molecule is Cc1ccc(NC(=O)C(C)Sc2nc(C(C)(C)C)nc3c2c(=O)n(C)c(=O)n3C)cc1F. The smallest absolute Gasteiger partial charge is 0.325 e. The van der Waals surface area contributed by atoms with Crippen molar-refractivity contribution in [3.63, 3.8) is 0 Å². The molecule has 1 N–H and O–H groups in total. The lowest BCUT2D eigenvalue weighted by atomic mass is 9.96. The summed E-state index contributed by atoms with van der Waals surface area (Å²) in [7, 11) is 2.93. The van der Waals surface area contributed by atoms with E-state index >= 15 is 0 Å². The van der Waals surface area contributed by atoms with Gasteiger partial charge in [0, 0.05) is 25.2 Å². The van der Waals surface area contributed by atoms with Crippen LogP contribution in [0.25, 0.3) is 11.0 Å². The fourth-order valence-corrected chi connectivity index (χ4v) is 3.92. The van der Waals surface area contributed by atoms with Gasteiger partial charge in [0.25, 0.3) is 5.56 Å². The van der Waals surface area contributed by atoms with Gasteiger partial charge in [-0.3, -0.25) is 18.7 Å². The molecule has 0 aliphatic rings. The minimum Gasteiger partial charge on any atom is -0.325 e. The molecule has 8 nitrogen and oxygen atoms in total. The largest absolute Gasteiger partial charge is 0.332 e. The van der Waals surface area contributed by atoms with Crippen molar-refractivity contribution < 1.29 is 9.18 Å². The molecule has 0 radical (unpaired) electrons. The number of aromatic nitrogens is 4. The summed E-state index contributed by atoms with van der Waals surface area (Å²) in [6, 6.07) is 4.46. The molecule has 3 aromatic rings. The zero-order valence-corrected chi connectivity index (χ0v) is 19.9. The van der Waals surface area contributed by atoms with Gasteiger partial charge >= 0.3 is 5.69 Å².